The highest BCUT2D eigenvalue weighted by Gasteiger charge is 2.08. The molecule has 88 valence electrons. The van der Waals surface area contributed by atoms with Crippen molar-refractivity contribution in [1.82, 2.24) is 0 Å². The Morgan fingerprint density at radius 3 is 2.69 bits per heavy atom. The first-order valence-corrected chi connectivity index (χ1v) is 5.98. The standard InChI is InChI=1S/C11H15BrN2O2/c1-8(2)5-6-13-11-4-3-9(14(15)16)7-10(11)12/h3-4,7-8,13H,5-6H2,1-2H3. The summed E-state index contributed by atoms with van der Waals surface area (Å²) in [6.45, 7) is 5.19. The van der Waals surface area contributed by atoms with Crippen LogP contribution in [0.4, 0.5) is 11.4 Å². The van der Waals surface area contributed by atoms with Crippen LogP contribution in [0.15, 0.2) is 22.7 Å². The first-order chi connectivity index (χ1) is 7.50. The number of hydrogen-bond acceptors (Lipinski definition) is 3. The molecule has 1 aromatic rings. The van der Waals surface area contributed by atoms with Crippen molar-refractivity contribution < 1.29 is 4.92 Å². The lowest BCUT2D eigenvalue weighted by Crippen LogP contribution is -2.05. The van der Waals surface area contributed by atoms with Crippen molar-refractivity contribution in [1.29, 1.82) is 0 Å². The van der Waals surface area contributed by atoms with E-state index in [2.05, 4.69) is 35.1 Å². The quantitative estimate of drug-likeness (QED) is 0.661. The third kappa shape index (κ3) is 3.81. The maximum absolute atomic E-state index is 10.5. The van der Waals surface area contributed by atoms with Gasteiger partial charge in [-0.1, -0.05) is 13.8 Å². The Morgan fingerprint density at radius 1 is 1.50 bits per heavy atom. The SMILES string of the molecule is CC(C)CCNc1ccc([N+](=O)[O-])cc1Br. The number of nitro groups is 1. The second-order valence-electron chi connectivity index (χ2n) is 4.03. The predicted octanol–water partition coefficient (Wildman–Crippen LogP) is 3.82. The van der Waals surface area contributed by atoms with Crippen molar-refractivity contribution in [3.63, 3.8) is 0 Å². The Bertz CT molecular complexity index is 380. The third-order valence-corrected chi connectivity index (χ3v) is 2.86. The van der Waals surface area contributed by atoms with Crippen LogP contribution in [0.2, 0.25) is 0 Å². The van der Waals surface area contributed by atoms with Crippen molar-refractivity contribution in [2.75, 3.05) is 11.9 Å². The summed E-state index contributed by atoms with van der Waals surface area (Å²) < 4.78 is 0.727. The van der Waals surface area contributed by atoms with Crippen LogP contribution in [0.25, 0.3) is 0 Å². The minimum atomic E-state index is -0.400. The molecule has 0 heterocycles. The molecule has 0 aliphatic rings. The first-order valence-electron chi connectivity index (χ1n) is 5.18. The molecule has 16 heavy (non-hydrogen) atoms. The number of halogens is 1. The van der Waals surface area contributed by atoms with Gasteiger partial charge in [0.05, 0.1) is 4.92 Å². The molecule has 0 radical (unpaired) electrons. The molecule has 0 unspecified atom stereocenters. The van der Waals surface area contributed by atoms with Crippen LogP contribution in [0.5, 0.6) is 0 Å². The summed E-state index contributed by atoms with van der Waals surface area (Å²) in [4.78, 5) is 10.1. The van der Waals surface area contributed by atoms with Crippen LogP contribution in [-0.4, -0.2) is 11.5 Å². The Morgan fingerprint density at radius 2 is 2.19 bits per heavy atom. The highest BCUT2D eigenvalue weighted by molar-refractivity contribution is 9.10. The van der Waals surface area contributed by atoms with Crippen molar-refractivity contribution in [2.45, 2.75) is 20.3 Å². The molecule has 0 aliphatic heterocycles. The minimum Gasteiger partial charge on any atom is -0.384 e. The first kappa shape index (κ1) is 13.0. The molecule has 1 aromatic carbocycles. The molecule has 0 fully saturated rings. The van der Waals surface area contributed by atoms with Crippen LogP contribution in [-0.2, 0) is 0 Å². The number of nitrogens with one attached hydrogen (secondary N) is 1. The summed E-state index contributed by atoms with van der Waals surface area (Å²) in [5, 5.41) is 13.8. The van der Waals surface area contributed by atoms with Crippen molar-refractivity contribution in [3.8, 4) is 0 Å². The lowest BCUT2D eigenvalue weighted by Gasteiger charge is -2.09. The van der Waals surface area contributed by atoms with E-state index in [4.69, 9.17) is 0 Å². The van der Waals surface area contributed by atoms with E-state index in [0.29, 0.717) is 5.92 Å². The molecule has 0 saturated carbocycles. The van der Waals surface area contributed by atoms with Gasteiger partial charge in [0.1, 0.15) is 0 Å². The molecule has 1 rings (SSSR count). The number of rotatable bonds is 5. The zero-order valence-electron chi connectivity index (χ0n) is 9.37. The number of hydrogen-bond donors (Lipinski definition) is 1. The summed E-state index contributed by atoms with van der Waals surface area (Å²) in [5.41, 5.74) is 0.993. The largest absolute Gasteiger partial charge is 0.384 e. The van der Waals surface area contributed by atoms with Gasteiger partial charge in [0.25, 0.3) is 5.69 Å². The number of benzene rings is 1. The zero-order valence-corrected chi connectivity index (χ0v) is 11.0. The van der Waals surface area contributed by atoms with Gasteiger partial charge in [-0.15, -0.1) is 0 Å². The van der Waals surface area contributed by atoms with Crippen molar-refractivity contribution >= 4 is 27.3 Å². The summed E-state index contributed by atoms with van der Waals surface area (Å²) in [5.74, 6) is 0.643. The van der Waals surface area contributed by atoms with E-state index in [-0.39, 0.29) is 5.69 Å². The van der Waals surface area contributed by atoms with Gasteiger partial charge in [-0.3, -0.25) is 10.1 Å². The maximum Gasteiger partial charge on any atom is 0.270 e. The number of nitrogens with zero attached hydrogens (tertiary/aromatic N) is 1. The third-order valence-electron chi connectivity index (χ3n) is 2.20. The summed E-state index contributed by atoms with van der Waals surface area (Å²) in [7, 11) is 0. The van der Waals surface area contributed by atoms with Gasteiger partial charge < -0.3 is 5.32 Å². The molecule has 0 aliphatic carbocycles. The van der Waals surface area contributed by atoms with E-state index < -0.39 is 4.92 Å². The van der Waals surface area contributed by atoms with Gasteiger partial charge in [0.2, 0.25) is 0 Å². The summed E-state index contributed by atoms with van der Waals surface area (Å²) in [6.07, 6.45) is 1.07. The van der Waals surface area contributed by atoms with Gasteiger partial charge >= 0.3 is 0 Å². The second kappa shape index (κ2) is 5.84. The monoisotopic (exact) mass is 286 g/mol. The number of non-ortho nitro benzene ring substituents is 1. The highest BCUT2D eigenvalue weighted by atomic mass is 79.9. The molecular formula is C11H15BrN2O2. The van der Waals surface area contributed by atoms with E-state index in [1.165, 1.54) is 12.1 Å². The highest BCUT2D eigenvalue weighted by Crippen LogP contribution is 2.27. The Labute approximate surface area is 103 Å². The fourth-order valence-corrected chi connectivity index (χ4v) is 1.76. The van der Waals surface area contributed by atoms with Crippen LogP contribution in [0, 0.1) is 16.0 Å². The molecule has 0 atom stereocenters. The molecule has 0 saturated heterocycles. The van der Waals surface area contributed by atoms with Crippen LogP contribution in [0.1, 0.15) is 20.3 Å². The van der Waals surface area contributed by atoms with E-state index in [1.807, 2.05) is 0 Å². The number of nitro benzene ring substituents is 1. The average molecular weight is 287 g/mol. The van der Waals surface area contributed by atoms with Gasteiger partial charge in [-0.25, -0.2) is 0 Å². The molecule has 0 spiro atoms. The Kier molecular flexibility index (Phi) is 4.73. The van der Waals surface area contributed by atoms with E-state index in [9.17, 15) is 10.1 Å². The lowest BCUT2D eigenvalue weighted by atomic mass is 10.1. The molecular weight excluding hydrogens is 272 g/mol. The Hall–Kier alpha value is -1.10. The van der Waals surface area contributed by atoms with Gasteiger partial charge in [-0.05, 0) is 34.3 Å². The molecule has 1 N–H and O–H groups in total. The van der Waals surface area contributed by atoms with E-state index in [1.54, 1.807) is 6.07 Å². The normalized spacial score (nSPS) is 10.5. The molecule has 0 bridgehead atoms. The fraction of sp³-hybridized carbons (Fsp3) is 0.455. The summed E-state index contributed by atoms with van der Waals surface area (Å²) in [6, 6.07) is 4.74. The second-order valence-corrected chi connectivity index (χ2v) is 4.88. The number of anilines is 1. The van der Waals surface area contributed by atoms with Crippen molar-refractivity contribution in [3.05, 3.63) is 32.8 Å². The topological polar surface area (TPSA) is 55.2 Å². The molecule has 4 nitrogen and oxygen atoms in total. The van der Waals surface area contributed by atoms with Crippen LogP contribution < -0.4 is 5.32 Å². The van der Waals surface area contributed by atoms with Crippen molar-refractivity contribution in [2.24, 2.45) is 5.92 Å². The van der Waals surface area contributed by atoms with Crippen LogP contribution in [0.3, 0.4) is 0 Å². The van der Waals surface area contributed by atoms with Gasteiger partial charge in [0.15, 0.2) is 0 Å². The Balaban J connectivity index is 2.64. The predicted molar refractivity (Wildman–Crippen MR) is 68.7 cm³/mol. The van der Waals surface area contributed by atoms with Gasteiger partial charge in [0, 0.05) is 28.8 Å². The maximum atomic E-state index is 10.5. The van der Waals surface area contributed by atoms with E-state index >= 15 is 0 Å². The smallest absolute Gasteiger partial charge is 0.270 e. The molecule has 5 heteroatoms. The van der Waals surface area contributed by atoms with E-state index in [0.717, 1.165) is 23.1 Å². The average Bonchev–Trinajstić information content (AvgIpc) is 2.19. The summed E-state index contributed by atoms with van der Waals surface area (Å²) >= 11 is 3.32. The lowest BCUT2D eigenvalue weighted by molar-refractivity contribution is -0.384. The minimum absolute atomic E-state index is 0.0984. The molecule has 0 amide bonds. The zero-order chi connectivity index (χ0) is 12.1. The van der Waals surface area contributed by atoms with Gasteiger partial charge in [-0.2, -0.15) is 0 Å². The molecule has 0 aromatic heterocycles. The van der Waals surface area contributed by atoms with Crippen LogP contribution >= 0.6 is 15.9 Å². The fourth-order valence-electron chi connectivity index (χ4n) is 1.26.